The zero-order valence-electron chi connectivity index (χ0n) is 14.2. The summed E-state index contributed by atoms with van der Waals surface area (Å²) in [7, 11) is 8.24. The third-order valence-corrected chi connectivity index (χ3v) is 4.08. The van der Waals surface area contributed by atoms with Gasteiger partial charge in [-0.1, -0.05) is 0 Å². The van der Waals surface area contributed by atoms with Crippen LogP contribution in [-0.2, 0) is 6.54 Å². The molecule has 6 heteroatoms. The van der Waals surface area contributed by atoms with Crippen molar-refractivity contribution in [3.8, 4) is 0 Å². The zero-order valence-corrected chi connectivity index (χ0v) is 14.2. The fourth-order valence-electron chi connectivity index (χ4n) is 2.74. The summed E-state index contributed by atoms with van der Waals surface area (Å²) in [5.41, 5.74) is 3.21. The lowest BCUT2D eigenvalue weighted by molar-refractivity contribution is 0.399. The van der Waals surface area contributed by atoms with Gasteiger partial charge >= 0.3 is 0 Å². The maximum atomic E-state index is 4.84. The number of hydrogen-bond donors (Lipinski definition) is 1. The van der Waals surface area contributed by atoms with Crippen molar-refractivity contribution >= 4 is 23.0 Å². The molecule has 1 N–H and O–H groups in total. The molecule has 0 saturated carbocycles. The number of likely N-dealkylation sites (N-methyl/N-ethyl adjacent to an activating group) is 1. The van der Waals surface area contributed by atoms with Crippen LogP contribution in [0.1, 0.15) is 5.69 Å². The van der Waals surface area contributed by atoms with Crippen molar-refractivity contribution in [2.24, 2.45) is 0 Å². The lowest BCUT2D eigenvalue weighted by atomic mass is 10.2. The molecule has 0 atom stereocenters. The van der Waals surface area contributed by atoms with Crippen molar-refractivity contribution in [1.82, 2.24) is 20.2 Å². The van der Waals surface area contributed by atoms with Crippen LogP contribution in [-0.4, -0.2) is 56.1 Å². The highest BCUT2D eigenvalue weighted by atomic mass is 15.3. The second kappa shape index (κ2) is 6.52. The molecule has 122 valence electrons. The monoisotopic (exact) mass is 312 g/mol. The van der Waals surface area contributed by atoms with Crippen LogP contribution in [0.25, 0.3) is 0 Å². The van der Waals surface area contributed by atoms with Crippen LogP contribution in [0, 0.1) is 0 Å². The summed E-state index contributed by atoms with van der Waals surface area (Å²) in [5, 5.41) is 3.44. The Balaban J connectivity index is 1.80. The first-order chi connectivity index (χ1) is 11.1. The Morgan fingerprint density at radius 3 is 2.57 bits per heavy atom. The SMILES string of the molecule is CN(C)CCNCc1ccc2c(n1)N(C)c1cccnc1N2C. The molecule has 0 amide bonds. The first kappa shape index (κ1) is 15.7. The maximum absolute atomic E-state index is 4.84. The summed E-state index contributed by atoms with van der Waals surface area (Å²) in [5.74, 6) is 1.93. The van der Waals surface area contributed by atoms with Crippen LogP contribution in [0.15, 0.2) is 30.5 Å². The van der Waals surface area contributed by atoms with Gasteiger partial charge in [-0.25, -0.2) is 9.97 Å². The molecule has 3 rings (SSSR count). The molecule has 0 bridgehead atoms. The van der Waals surface area contributed by atoms with E-state index in [1.807, 2.05) is 26.4 Å². The van der Waals surface area contributed by atoms with Gasteiger partial charge in [0.05, 0.1) is 17.1 Å². The lowest BCUT2D eigenvalue weighted by Crippen LogP contribution is -2.28. The van der Waals surface area contributed by atoms with Gasteiger partial charge in [-0.05, 0) is 38.4 Å². The summed E-state index contributed by atoms with van der Waals surface area (Å²) < 4.78 is 0. The summed E-state index contributed by atoms with van der Waals surface area (Å²) in [4.78, 5) is 15.7. The van der Waals surface area contributed by atoms with E-state index in [0.29, 0.717) is 0 Å². The van der Waals surface area contributed by atoms with Gasteiger partial charge in [0.2, 0.25) is 0 Å². The van der Waals surface area contributed by atoms with E-state index in [2.05, 4.69) is 57.3 Å². The van der Waals surface area contributed by atoms with Gasteiger partial charge in [-0.2, -0.15) is 0 Å². The smallest absolute Gasteiger partial charge is 0.157 e. The molecule has 1 aliphatic rings. The fraction of sp³-hybridized carbons (Fsp3) is 0.412. The van der Waals surface area contributed by atoms with Crippen LogP contribution in [0.3, 0.4) is 0 Å². The van der Waals surface area contributed by atoms with Crippen LogP contribution in [0.5, 0.6) is 0 Å². The van der Waals surface area contributed by atoms with E-state index in [-0.39, 0.29) is 0 Å². The Morgan fingerprint density at radius 2 is 1.78 bits per heavy atom. The van der Waals surface area contributed by atoms with Gasteiger partial charge in [0, 0.05) is 39.9 Å². The molecule has 0 unspecified atom stereocenters. The average Bonchev–Trinajstić information content (AvgIpc) is 2.56. The van der Waals surface area contributed by atoms with E-state index in [1.165, 1.54) is 0 Å². The highest BCUT2D eigenvalue weighted by Gasteiger charge is 2.26. The number of fused-ring (bicyclic) bond motifs is 2. The Bertz CT molecular complexity index is 685. The van der Waals surface area contributed by atoms with Crippen LogP contribution in [0.4, 0.5) is 23.0 Å². The van der Waals surface area contributed by atoms with Crippen molar-refractivity contribution in [3.63, 3.8) is 0 Å². The van der Waals surface area contributed by atoms with Gasteiger partial charge in [0.15, 0.2) is 11.6 Å². The van der Waals surface area contributed by atoms with E-state index < -0.39 is 0 Å². The topological polar surface area (TPSA) is 47.5 Å². The van der Waals surface area contributed by atoms with Gasteiger partial charge in [-0.15, -0.1) is 0 Å². The lowest BCUT2D eigenvalue weighted by Gasteiger charge is -2.34. The number of nitrogens with one attached hydrogen (secondary N) is 1. The standard InChI is InChI=1S/C17H24N6/c1-21(2)11-10-18-12-13-7-8-15-17(20-13)23(4)14-6-5-9-19-16(14)22(15)3/h5-9,18H,10-12H2,1-4H3. The van der Waals surface area contributed by atoms with Crippen molar-refractivity contribution in [3.05, 3.63) is 36.2 Å². The third-order valence-electron chi connectivity index (χ3n) is 4.08. The molecule has 2 aromatic rings. The van der Waals surface area contributed by atoms with E-state index in [1.54, 1.807) is 0 Å². The van der Waals surface area contributed by atoms with Gasteiger partial charge in [0.25, 0.3) is 0 Å². The number of anilines is 4. The summed E-state index contributed by atoms with van der Waals surface area (Å²) >= 11 is 0. The number of hydrogen-bond acceptors (Lipinski definition) is 6. The summed E-state index contributed by atoms with van der Waals surface area (Å²) in [6, 6.07) is 8.24. The normalized spacial score (nSPS) is 13.3. The predicted molar refractivity (Wildman–Crippen MR) is 94.9 cm³/mol. The number of pyridine rings is 2. The van der Waals surface area contributed by atoms with E-state index in [4.69, 9.17) is 4.98 Å². The van der Waals surface area contributed by atoms with Crippen LogP contribution in [0.2, 0.25) is 0 Å². The maximum Gasteiger partial charge on any atom is 0.157 e. The molecule has 3 heterocycles. The number of nitrogens with zero attached hydrogens (tertiary/aromatic N) is 5. The Hall–Kier alpha value is -2.18. The average molecular weight is 312 g/mol. The van der Waals surface area contributed by atoms with Crippen molar-refractivity contribution < 1.29 is 0 Å². The minimum absolute atomic E-state index is 0.776. The molecule has 0 radical (unpaired) electrons. The molecule has 0 saturated heterocycles. The number of aromatic nitrogens is 2. The van der Waals surface area contributed by atoms with Crippen molar-refractivity contribution in [2.45, 2.75) is 6.54 Å². The van der Waals surface area contributed by atoms with Gasteiger partial charge in [-0.3, -0.25) is 0 Å². The second-order valence-corrected chi connectivity index (χ2v) is 6.09. The predicted octanol–water partition coefficient (Wildman–Crippen LogP) is 1.98. The van der Waals surface area contributed by atoms with Crippen molar-refractivity contribution in [2.75, 3.05) is 51.1 Å². The second-order valence-electron chi connectivity index (χ2n) is 6.09. The highest BCUT2D eigenvalue weighted by Crippen LogP contribution is 2.43. The molecule has 0 aliphatic carbocycles. The van der Waals surface area contributed by atoms with Crippen LogP contribution < -0.4 is 15.1 Å². The number of rotatable bonds is 5. The van der Waals surface area contributed by atoms with E-state index >= 15 is 0 Å². The quantitative estimate of drug-likeness (QED) is 0.852. The molecule has 0 spiro atoms. The molecular formula is C17H24N6. The zero-order chi connectivity index (χ0) is 16.4. The summed E-state index contributed by atoms with van der Waals surface area (Å²) in [6.45, 7) is 2.75. The Morgan fingerprint density at radius 1 is 1.04 bits per heavy atom. The van der Waals surface area contributed by atoms with E-state index in [9.17, 15) is 0 Å². The minimum Gasteiger partial charge on any atom is -0.325 e. The molecule has 6 nitrogen and oxygen atoms in total. The molecule has 0 aromatic carbocycles. The van der Waals surface area contributed by atoms with Gasteiger partial charge < -0.3 is 20.0 Å². The molecule has 0 fully saturated rings. The van der Waals surface area contributed by atoms with E-state index in [0.717, 1.165) is 48.3 Å². The highest BCUT2D eigenvalue weighted by molar-refractivity contribution is 5.88. The summed E-state index contributed by atoms with van der Waals surface area (Å²) in [6.07, 6.45) is 1.82. The Labute approximate surface area is 137 Å². The molecule has 2 aromatic heterocycles. The Kier molecular flexibility index (Phi) is 4.45. The fourth-order valence-corrected chi connectivity index (χ4v) is 2.74. The minimum atomic E-state index is 0.776. The largest absolute Gasteiger partial charge is 0.325 e. The van der Waals surface area contributed by atoms with Gasteiger partial charge in [0.1, 0.15) is 0 Å². The van der Waals surface area contributed by atoms with Crippen molar-refractivity contribution in [1.29, 1.82) is 0 Å². The molecular weight excluding hydrogens is 288 g/mol. The molecule has 1 aliphatic heterocycles. The molecule has 23 heavy (non-hydrogen) atoms. The van der Waals surface area contributed by atoms with Crippen LogP contribution >= 0.6 is 0 Å². The first-order valence-electron chi connectivity index (χ1n) is 7.86. The first-order valence-corrected chi connectivity index (χ1v) is 7.86. The third kappa shape index (κ3) is 3.13.